The minimum Gasteiger partial charge on any atom is -0.497 e. The molecule has 2 aromatic carbocycles. The van der Waals surface area contributed by atoms with Gasteiger partial charge in [0.1, 0.15) is 23.9 Å². The number of allylic oxidation sites excluding steroid dienone is 2. The van der Waals surface area contributed by atoms with Crippen molar-refractivity contribution < 1.29 is 9.47 Å². The van der Waals surface area contributed by atoms with Crippen molar-refractivity contribution in [3.63, 3.8) is 0 Å². The zero-order chi connectivity index (χ0) is 20.5. The Kier molecular flexibility index (Phi) is 4.75. The van der Waals surface area contributed by atoms with Gasteiger partial charge in [-0.05, 0) is 71.9 Å². The number of fused-ring (bicyclic) bond motifs is 1. The van der Waals surface area contributed by atoms with Gasteiger partial charge in [0.25, 0.3) is 0 Å². The number of hydrogen-bond donors (Lipinski definition) is 1. The molecule has 2 heterocycles. The van der Waals surface area contributed by atoms with E-state index in [0.717, 1.165) is 42.3 Å². The number of ether oxygens (including phenoxy) is 2. The first-order valence-corrected chi connectivity index (χ1v) is 10.2. The third kappa shape index (κ3) is 3.24. The molecule has 1 aliphatic heterocycles. The summed E-state index contributed by atoms with van der Waals surface area (Å²) in [6.07, 6.45) is 7.04. The Morgan fingerprint density at radius 1 is 0.967 bits per heavy atom. The Morgan fingerprint density at radius 3 is 2.37 bits per heavy atom. The summed E-state index contributed by atoms with van der Waals surface area (Å²) in [5, 5.41) is 8.07. The molecule has 3 aromatic rings. The fourth-order valence-electron chi connectivity index (χ4n) is 4.32. The van der Waals surface area contributed by atoms with E-state index in [1.54, 1.807) is 20.5 Å². The van der Waals surface area contributed by atoms with Crippen molar-refractivity contribution in [2.45, 2.75) is 25.3 Å². The van der Waals surface area contributed by atoms with Gasteiger partial charge in [0, 0.05) is 5.70 Å². The van der Waals surface area contributed by atoms with Crippen molar-refractivity contribution in [3.05, 3.63) is 82.8 Å². The van der Waals surface area contributed by atoms with Crippen LogP contribution in [0, 0.1) is 0 Å². The molecule has 0 radical (unpaired) electrons. The second-order valence-corrected chi connectivity index (χ2v) is 7.53. The lowest BCUT2D eigenvalue weighted by Crippen LogP contribution is -2.28. The molecule has 5 rings (SSSR count). The molecule has 1 N–H and O–H groups in total. The van der Waals surface area contributed by atoms with E-state index in [4.69, 9.17) is 9.47 Å². The smallest absolute Gasteiger partial charge is 0.226 e. The summed E-state index contributed by atoms with van der Waals surface area (Å²) in [6.45, 7) is 0. The first kappa shape index (κ1) is 18.5. The molecular formula is C24H24N4O2. The molecule has 1 atom stereocenters. The number of benzene rings is 2. The summed E-state index contributed by atoms with van der Waals surface area (Å²) < 4.78 is 12.6. The summed E-state index contributed by atoms with van der Waals surface area (Å²) >= 11 is 0. The van der Waals surface area contributed by atoms with E-state index < -0.39 is 0 Å². The van der Waals surface area contributed by atoms with E-state index in [0.29, 0.717) is 0 Å². The van der Waals surface area contributed by atoms with Crippen LogP contribution in [-0.4, -0.2) is 29.0 Å². The maximum Gasteiger partial charge on any atom is 0.226 e. The van der Waals surface area contributed by atoms with Crippen LogP contribution in [0.2, 0.25) is 0 Å². The highest BCUT2D eigenvalue weighted by molar-refractivity contribution is 5.66. The van der Waals surface area contributed by atoms with Gasteiger partial charge in [0.15, 0.2) is 0 Å². The lowest BCUT2D eigenvalue weighted by atomic mass is 9.83. The molecule has 0 amide bonds. The van der Waals surface area contributed by atoms with E-state index in [2.05, 4.69) is 45.7 Å². The average molecular weight is 400 g/mol. The second-order valence-electron chi connectivity index (χ2n) is 7.53. The van der Waals surface area contributed by atoms with Crippen LogP contribution in [0.25, 0.3) is 6.08 Å². The van der Waals surface area contributed by atoms with E-state index in [1.807, 2.05) is 28.9 Å². The number of aromatic nitrogens is 3. The van der Waals surface area contributed by atoms with Crippen molar-refractivity contribution in [2.75, 3.05) is 19.5 Å². The lowest BCUT2D eigenvalue weighted by molar-refractivity contribution is 0.414. The van der Waals surface area contributed by atoms with Gasteiger partial charge >= 0.3 is 0 Å². The van der Waals surface area contributed by atoms with Gasteiger partial charge < -0.3 is 14.8 Å². The summed E-state index contributed by atoms with van der Waals surface area (Å²) in [6, 6.07) is 16.4. The summed E-state index contributed by atoms with van der Waals surface area (Å²) in [4.78, 5) is 4.46. The van der Waals surface area contributed by atoms with Crippen molar-refractivity contribution >= 4 is 12.0 Å². The fourth-order valence-corrected chi connectivity index (χ4v) is 4.32. The molecule has 1 aliphatic carbocycles. The molecule has 0 bridgehead atoms. The Morgan fingerprint density at radius 2 is 1.67 bits per heavy atom. The SMILES string of the molecule is COc1ccc(C=C2CCCC3=C2Nc2ncnn2[C@H]3c2ccc(OC)cc2)cc1. The van der Waals surface area contributed by atoms with Crippen LogP contribution in [0.15, 0.2) is 71.7 Å². The minimum atomic E-state index is 0.0317. The van der Waals surface area contributed by atoms with Crippen molar-refractivity contribution in [1.82, 2.24) is 14.8 Å². The molecule has 1 aromatic heterocycles. The molecule has 152 valence electrons. The maximum absolute atomic E-state index is 5.34. The minimum absolute atomic E-state index is 0.0317. The molecule has 0 unspecified atom stereocenters. The van der Waals surface area contributed by atoms with Crippen LogP contribution in [0.5, 0.6) is 11.5 Å². The number of anilines is 1. The fraction of sp³-hybridized carbons (Fsp3) is 0.250. The zero-order valence-electron chi connectivity index (χ0n) is 17.1. The second kappa shape index (κ2) is 7.71. The third-order valence-corrected chi connectivity index (χ3v) is 5.81. The predicted molar refractivity (Wildman–Crippen MR) is 117 cm³/mol. The molecular weight excluding hydrogens is 376 g/mol. The first-order valence-electron chi connectivity index (χ1n) is 10.2. The van der Waals surface area contributed by atoms with Crippen LogP contribution < -0.4 is 14.8 Å². The summed E-state index contributed by atoms with van der Waals surface area (Å²) in [5.41, 5.74) is 6.17. The Balaban J connectivity index is 1.58. The van der Waals surface area contributed by atoms with E-state index in [1.165, 1.54) is 22.4 Å². The molecule has 0 fully saturated rings. The largest absolute Gasteiger partial charge is 0.497 e. The predicted octanol–water partition coefficient (Wildman–Crippen LogP) is 4.83. The Bertz CT molecular complexity index is 1110. The van der Waals surface area contributed by atoms with Crippen molar-refractivity contribution in [2.24, 2.45) is 0 Å². The van der Waals surface area contributed by atoms with Gasteiger partial charge in [-0.25, -0.2) is 4.68 Å². The van der Waals surface area contributed by atoms with Gasteiger partial charge in [-0.15, -0.1) is 0 Å². The number of nitrogens with one attached hydrogen (secondary N) is 1. The van der Waals surface area contributed by atoms with Crippen LogP contribution in [0.4, 0.5) is 5.95 Å². The average Bonchev–Trinajstić information content (AvgIpc) is 3.27. The van der Waals surface area contributed by atoms with E-state index >= 15 is 0 Å². The summed E-state index contributed by atoms with van der Waals surface area (Å²) in [7, 11) is 3.38. The molecule has 0 spiro atoms. The van der Waals surface area contributed by atoms with Gasteiger partial charge in [-0.3, -0.25) is 0 Å². The van der Waals surface area contributed by atoms with Gasteiger partial charge in [0.05, 0.1) is 14.2 Å². The van der Waals surface area contributed by atoms with Crippen LogP contribution in [-0.2, 0) is 0 Å². The normalized spacial score (nSPS) is 19.1. The van der Waals surface area contributed by atoms with Crippen LogP contribution in [0.1, 0.15) is 36.4 Å². The lowest BCUT2D eigenvalue weighted by Gasteiger charge is -2.34. The number of nitrogens with zero attached hydrogens (tertiary/aromatic N) is 3. The third-order valence-electron chi connectivity index (χ3n) is 5.81. The molecule has 6 heteroatoms. The Labute approximate surface area is 175 Å². The molecule has 30 heavy (non-hydrogen) atoms. The number of rotatable bonds is 4. The van der Waals surface area contributed by atoms with Crippen molar-refractivity contribution in [1.29, 1.82) is 0 Å². The molecule has 6 nitrogen and oxygen atoms in total. The summed E-state index contributed by atoms with van der Waals surface area (Å²) in [5.74, 6) is 2.49. The van der Waals surface area contributed by atoms with Gasteiger partial charge in [-0.2, -0.15) is 10.1 Å². The van der Waals surface area contributed by atoms with Crippen molar-refractivity contribution in [3.8, 4) is 11.5 Å². The quantitative estimate of drug-likeness (QED) is 0.680. The van der Waals surface area contributed by atoms with Crippen LogP contribution >= 0.6 is 0 Å². The first-order chi connectivity index (χ1) is 14.8. The molecule has 2 aliphatic rings. The number of hydrogen-bond acceptors (Lipinski definition) is 5. The monoisotopic (exact) mass is 400 g/mol. The van der Waals surface area contributed by atoms with E-state index in [-0.39, 0.29) is 6.04 Å². The Hall–Kier alpha value is -3.54. The van der Waals surface area contributed by atoms with E-state index in [9.17, 15) is 0 Å². The molecule has 0 saturated heterocycles. The highest BCUT2D eigenvalue weighted by Gasteiger charge is 2.33. The zero-order valence-corrected chi connectivity index (χ0v) is 17.1. The molecule has 0 saturated carbocycles. The van der Waals surface area contributed by atoms with Crippen LogP contribution in [0.3, 0.4) is 0 Å². The standard InChI is InChI=1S/C24H24N4O2/c1-29-19-10-6-16(7-11-19)14-18-4-3-5-21-22(18)27-24-25-15-26-28(24)23(21)17-8-12-20(30-2)13-9-17/h6-15,23H,3-5H2,1-2H3,(H,25,26,27)/t23-/m0/s1. The highest BCUT2D eigenvalue weighted by Crippen LogP contribution is 2.43. The maximum atomic E-state index is 5.34. The number of methoxy groups -OCH3 is 2. The topological polar surface area (TPSA) is 61.2 Å². The van der Waals surface area contributed by atoms with Gasteiger partial charge in [-0.1, -0.05) is 24.3 Å². The van der Waals surface area contributed by atoms with Gasteiger partial charge in [0.2, 0.25) is 5.95 Å². The highest BCUT2D eigenvalue weighted by atomic mass is 16.5.